The van der Waals surface area contributed by atoms with Gasteiger partial charge in [0.05, 0.1) is 25.4 Å². The molecule has 1 aromatic carbocycles. The van der Waals surface area contributed by atoms with Crippen molar-refractivity contribution >= 4 is 0 Å². The van der Waals surface area contributed by atoms with Crippen molar-refractivity contribution in [2.75, 3.05) is 13.7 Å². The van der Waals surface area contributed by atoms with Crippen molar-refractivity contribution < 1.29 is 14.6 Å². The molecule has 0 amide bonds. The molecule has 0 radical (unpaired) electrons. The molecular formula is C14H22O3. The largest absolute Gasteiger partial charge is 0.391 e. The summed E-state index contributed by atoms with van der Waals surface area (Å²) in [5.41, 5.74) is 1.16. The van der Waals surface area contributed by atoms with E-state index in [1.165, 1.54) is 0 Å². The minimum atomic E-state index is -0.477. The van der Waals surface area contributed by atoms with Gasteiger partial charge in [-0.25, -0.2) is 0 Å². The molecule has 0 saturated heterocycles. The number of aliphatic hydroxyl groups excluding tert-OH is 1. The minimum Gasteiger partial charge on any atom is -0.391 e. The van der Waals surface area contributed by atoms with Crippen molar-refractivity contribution in [3.05, 3.63) is 35.9 Å². The Morgan fingerprint density at radius 3 is 2.35 bits per heavy atom. The fourth-order valence-electron chi connectivity index (χ4n) is 1.94. The van der Waals surface area contributed by atoms with Crippen LogP contribution in [0, 0.1) is 5.92 Å². The van der Waals surface area contributed by atoms with E-state index < -0.39 is 6.10 Å². The Kier molecular flexibility index (Phi) is 6.19. The van der Waals surface area contributed by atoms with E-state index in [4.69, 9.17) is 9.47 Å². The molecule has 0 fully saturated rings. The van der Waals surface area contributed by atoms with E-state index in [1.54, 1.807) is 14.0 Å². The zero-order valence-corrected chi connectivity index (χ0v) is 10.8. The highest BCUT2D eigenvalue weighted by Crippen LogP contribution is 2.12. The lowest BCUT2D eigenvalue weighted by Gasteiger charge is -2.24. The lowest BCUT2D eigenvalue weighted by molar-refractivity contribution is -0.0574. The second-order valence-corrected chi connectivity index (χ2v) is 4.42. The molecule has 96 valence electrons. The summed E-state index contributed by atoms with van der Waals surface area (Å²) in [4.78, 5) is 0. The second kappa shape index (κ2) is 7.43. The van der Waals surface area contributed by atoms with Crippen molar-refractivity contribution in [2.24, 2.45) is 5.92 Å². The van der Waals surface area contributed by atoms with Crippen LogP contribution in [0.1, 0.15) is 19.4 Å². The Bertz CT molecular complexity index is 298. The van der Waals surface area contributed by atoms with Gasteiger partial charge in [0, 0.05) is 13.0 Å². The molecule has 3 atom stereocenters. The van der Waals surface area contributed by atoms with Crippen LogP contribution < -0.4 is 0 Å². The highest BCUT2D eigenvalue weighted by Gasteiger charge is 2.21. The molecule has 0 aromatic heterocycles. The molecule has 0 aliphatic rings. The summed E-state index contributed by atoms with van der Waals surface area (Å²) in [7, 11) is 1.62. The average molecular weight is 238 g/mol. The van der Waals surface area contributed by atoms with E-state index in [9.17, 15) is 5.11 Å². The summed E-state index contributed by atoms with van der Waals surface area (Å²) in [6.45, 7) is 4.94. The fraction of sp³-hybridized carbons (Fsp3) is 0.571. The maximum absolute atomic E-state index is 9.52. The first kappa shape index (κ1) is 14.2. The zero-order chi connectivity index (χ0) is 12.7. The molecular weight excluding hydrogens is 216 g/mol. The molecule has 3 nitrogen and oxygen atoms in total. The van der Waals surface area contributed by atoms with Crippen LogP contribution in [0.15, 0.2) is 30.3 Å². The molecule has 0 unspecified atom stereocenters. The van der Waals surface area contributed by atoms with Crippen molar-refractivity contribution in [1.29, 1.82) is 0 Å². The lowest BCUT2D eigenvalue weighted by atomic mass is 10.0. The predicted molar refractivity (Wildman–Crippen MR) is 67.7 cm³/mol. The van der Waals surface area contributed by atoms with E-state index in [2.05, 4.69) is 0 Å². The third-order valence-electron chi connectivity index (χ3n) is 2.80. The maximum atomic E-state index is 9.52. The van der Waals surface area contributed by atoms with Crippen LogP contribution in [0.25, 0.3) is 0 Å². The minimum absolute atomic E-state index is 0.170. The van der Waals surface area contributed by atoms with Gasteiger partial charge >= 0.3 is 0 Å². The number of hydrogen-bond donors (Lipinski definition) is 1. The van der Waals surface area contributed by atoms with E-state index in [-0.39, 0.29) is 12.0 Å². The SMILES string of the molecule is CO[C@H]([C@H](C)COCc1ccccc1)[C@@H](C)O. The monoisotopic (exact) mass is 238 g/mol. The van der Waals surface area contributed by atoms with Crippen molar-refractivity contribution in [1.82, 2.24) is 0 Å². The third-order valence-corrected chi connectivity index (χ3v) is 2.80. The summed E-state index contributed by atoms with van der Waals surface area (Å²) >= 11 is 0. The van der Waals surface area contributed by atoms with Gasteiger partial charge in [-0.2, -0.15) is 0 Å². The Hall–Kier alpha value is -0.900. The molecule has 0 heterocycles. The summed E-state index contributed by atoms with van der Waals surface area (Å²) in [5, 5.41) is 9.52. The van der Waals surface area contributed by atoms with Gasteiger partial charge in [-0.15, -0.1) is 0 Å². The highest BCUT2D eigenvalue weighted by atomic mass is 16.5. The van der Waals surface area contributed by atoms with Gasteiger partial charge in [-0.3, -0.25) is 0 Å². The Balaban J connectivity index is 2.31. The van der Waals surface area contributed by atoms with Crippen LogP contribution in [0.2, 0.25) is 0 Å². The molecule has 1 aromatic rings. The van der Waals surface area contributed by atoms with Gasteiger partial charge in [0.2, 0.25) is 0 Å². The van der Waals surface area contributed by atoms with Gasteiger partial charge < -0.3 is 14.6 Å². The number of ether oxygens (including phenoxy) is 2. The average Bonchev–Trinajstić information content (AvgIpc) is 2.30. The number of benzene rings is 1. The summed E-state index contributed by atoms with van der Waals surface area (Å²) in [5.74, 6) is 0.170. The summed E-state index contributed by atoms with van der Waals surface area (Å²) < 4.78 is 10.9. The third kappa shape index (κ3) is 4.86. The number of aliphatic hydroxyl groups is 1. The normalized spacial score (nSPS) is 16.5. The van der Waals surface area contributed by atoms with E-state index in [1.807, 2.05) is 37.3 Å². The standard InChI is InChI=1S/C14H22O3/c1-11(14(16-3)12(2)15)9-17-10-13-7-5-4-6-8-13/h4-8,11-12,14-15H,9-10H2,1-3H3/t11-,12-,14-/m1/s1. The quantitative estimate of drug-likeness (QED) is 0.791. The van der Waals surface area contributed by atoms with Gasteiger partial charge in [0.1, 0.15) is 0 Å². The second-order valence-electron chi connectivity index (χ2n) is 4.42. The Morgan fingerprint density at radius 1 is 1.18 bits per heavy atom. The number of methoxy groups -OCH3 is 1. The first-order valence-electron chi connectivity index (χ1n) is 5.97. The number of hydrogen-bond acceptors (Lipinski definition) is 3. The number of rotatable bonds is 7. The van der Waals surface area contributed by atoms with Crippen molar-refractivity contribution in [3.8, 4) is 0 Å². The molecule has 0 spiro atoms. The van der Waals surface area contributed by atoms with Crippen LogP contribution in [0.4, 0.5) is 0 Å². The van der Waals surface area contributed by atoms with E-state index in [0.717, 1.165) is 5.56 Å². The Morgan fingerprint density at radius 2 is 1.82 bits per heavy atom. The summed E-state index contributed by atoms with van der Waals surface area (Å²) in [6.07, 6.45) is -0.652. The Labute approximate surface area is 103 Å². The topological polar surface area (TPSA) is 38.7 Å². The van der Waals surface area contributed by atoms with Crippen LogP contribution in [-0.4, -0.2) is 31.0 Å². The first-order chi connectivity index (χ1) is 8.15. The van der Waals surface area contributed by atoms with E-state index >= 15 is 0 Å². The lowest BCUT2D eigenvalue weighted by Crippen LogP contribution is -2.34. The van der Waals surface area contributed by atoms with Gasteiger partial charge in [0.15, 0.2) is 0 Å². The predicted octanol–water partition coefficient (Wildman–Crippen LogP) is 2.24. The molecule has 3 heteroatoms. The molecule has 0 aliphatic carbocycles. The molecule has 0 saturated carbocycles. The smallest absolute Gasteiger partial charge is 0.0874 e. The maximum Gasteiger partial charge on any atom is 0.0874 e. The molecule has 0 aliphatic heterocycles. The summed E-state index contributed by atoms with van der Waals surface area (Å²) in [6, 6.07) is 10.0. The van der Waals surface area contributed by atoms with E-state index in [0.29, 0.717) is 13.2 Å². The van der Waals surface area contributed by atoms with Gasteiger partial charge in [-0.1, -0.05) is 37.3 Å². The molecule has 17 heavy (non-hydrogen) atoms. The van der Waals surface area contributed by atoms with Crippen LogP contribution in [0.3, 0.4) is 0 Å². The van der Waals surface area contributed by atoms with Crippen molar-refractivity contribution in [2.45, 2.75) is 32.7 Å². The molecule has 0 bridgehead atoms. The highest BCUT2D eigenvalue weighted by molar-refractivity contribution is 5.13. The first-order valence-corrected chi connectivity index (χ1v) is 5.97. The van der Waals surface area contributed by atoms with Crippen LogP contribution in [-0.2, 0) is 16.1 Å². The van der Waals surface area contributed by atoms with Crippen LogP contribution in [0.5, 0.6) is 0 Å². The van der Waals surface area contributed by atoms with Gasteiger partial charge in [-0.05, 0) is 12.5 Å². The molecule has 1 N–H and O–H groups in total. The molecule has 1 rings (SSSR count). The fourth-order valence-corrected chi connectivity index (χ4v) is 1.94. The zero-order valence-electron chi connectivity index (χ0n) is 10.8. The van der Waals surface area contributed by atoms with Crippen LogP contribution >= 0.6 is 0 Å². The van der Waals surface area contributed by atoms with Crippen molar-refractivity contribution in [3.63, 3.8) is 0 Å². The van der Waals surface area contributed by atoms with Gasteiger partial charge in [0.25, 0.3) is 0 Å².